The number of aryl methyl sites for hydroxylation is 1. The Morgan fingerprint density at radius 1 is 1.45 bits per heavy atom. The fourth-order valence-corrected chi connectivity index (χ4v) is 3.28. The maximum absolute atomic E-state index is 12.4. The van der Waals surface area contributed by atoms with Gasteiger partial charge in [-0.2, -0.15) is 4.37 Å². The van der Waals surface area contributed by atoms with Crippen molar-refractivity contribution in [1.82, 2.24) is 14.2 Å². The molecule has 1 aromatic rings. The number of hydrogen-bond acceptors (Lipinski definition) is 4. The van der Waals surface area contributed by atoms with Crippen molar-refractivity contribution in [2.75, 3.05) is 31.8 Å². The molecule has 1 aliphatic rings. The van der Waals surface area contributed by atoms with Gasteiger partial charge in [0.05, 0.1) is 19.0 Å². The smallest absolute Gasteiger partial charge is 0.314 e. The van der Waals surface area contributed by atoms with Crippen molar-refractivity contribution in [2.45, 2.75) is 26.7 Å². The Morgan fingerprint density at radius 2 is 2.20 bits per heavy atom. The summed E-state index contributed by atoms with van der Waals surface area (Å²) in [5.41, 5.74) is 2.18. The van der Waals surface area contributed by atoms with E-state index in [9.17, 15) is 4.79 Å². The number of aromatic nitrogens is 1. The Bertz CT molecular complexity index is 534. The van der Waals surface area contributed by atoms with Crippen LogP contribution in [0.25, 0.3) is 0 Å². The summed E-state index contributed by atoms with van der Waals surface area (Å²) in [5, 5.41) is 0.948. The highest BCUT2D eigenvalue weighted by Gasteiger charge is 2.31. The summed E-state index contributed by atoms with van der Waals surface area (Å²) >= 11 is 1.40. The number of hydrogen-bond donors (Lipinski definition) is 0. The number of terminal acetylenes is 1. The Balaban J connectivity index is 2.21. The van der Waals surface area contributed by atoms with Crippen molar-refractivity contribution in [3.63, 3.8) is 0 Å². The summed E-state index contributed by atoms with van der Waals surface area (Å²) in [6.45, 7) is 6.11. The molecule has 0 saturated carbocycles. The van der Waals surface area contributed by atoms with Gasteiger partial charge in [0.15, 0.2) is 0 Å². The molecule has 1 aromatic heterocycles. The summed E-state index contributed by atoms with van der Waals surface area (Å²) in [4.78, 5) is 18.0. The molecular weight excluding hydrogens is 272 g/mol. The van der Waals surface area contributed by atoms with E-state index in [2.05, 4.69) is 22.1 Å². The van der Waals surface area contributed by atoms with Gasteiger partial charge in [-0.1, -0.05) is 6.92 Å². The van der Waals surface area contributed by atoms with Crippen LogP contribution in [0.1, 0.15) is 24.6 Å². The molecule has 2 heterocycles. The lowest BCUT2D eigenvalue weighted by molar-refractivity contribution is 0.132. The predicted octanol–water partition coefficient (Wildman–Crippen LogP) is 2.13. The maximum atomic E-state index is 12.4. The molecule has 108 valence electrons. The lowest BCUT2D eigenvalue weighted by Crippen LogP contribution is -2.57. The van der Waals surface area contributed by atoms with Gasteiger partial charge >= 0.3 is 6.03 Å². The molecule has 0 unspecified atom stereocenters. The Hall–Kier alpha value is -1.58. The quantitative estimate of drug-likeness (QED) is 0.798. The Labute approximate surface area is 124 Å². The maximum Gasteiger partial charge on any atom is 0.327 e. The predicted molar refractivity (Wildman–Crippen MR) is 81.8 cm³/mol. The van der Waals surface area contributed by atoms with Gasteiger partial charge in [-0.3, -0.25) is 9.80 Å². The molecule has 2 amide bonds. The van der Waals surface area contributed by atoms with Crippen molar-refractivity contribution in [3.8, 4) is 12.3 Å². The second-order valence-corrected chi connectivity index (χ2v) is 5.70. The number of nitrogens with zero attached hydrogens (tertiary/aromatic N) is 4. The minimum absolute atomic E-state index is 0.0244. The molecule has 0 N–H and O–H groups in total. The lowest BCUT2D eigenvalue weighted by atomic mass is 10.2. The van der Waals surface area contributed by atoms with Gasteiger partial charge in [0.2, 0.25) is 0 Å². The molecule has 6 heteroatoms. The fraction of sp³-hybridized carbons (Fsp3) is 0.571. The van der Waals surface area contributed by atoms with Gasteiger partial charge in [0.25, 0.3) is 0 Å². The van der Waals surface area contributed by atoms with Crippen molar-refractivity contribution < 1.29 is 4.79 Å². The van der Waals surface area contributed by atoms with Crippen molar-refractivity contribution in [2.24, 2.45) is 0 Å². The van der Waals surface area contributed by atoms with E-state index in [4.69, 9.17) is 6.42 Å². The van der Waals surface area contributed by atoms with Crippen molar-refractivity contribution >= 4 is 22.6 Å². The van der Waals surface area contributed by atoms with E-state index in [-0.39, 0.29) is 6.03 Å². The first kappa shape index (κ1) is 14.8. The van der Waals surface area contributed by atoms with Gasteiger partial charge in [-0.15, -0.1) is 12.3 Å². The largest absolute Gasteiger partial charge is 0.327 e. The molecule has 0 atom stereocenters. The monoisotopic (exact) mass is 292 g/mol. The van der Waals surface area contributed by atoms with Crippen LogP contribution in [0.4, 0.5) is 9.80 Å². The second-order valence-electron chi connectivity index (χ2n) is 4.95. The molecule has 0 aromatic carbocycles. The van der Waals surface area contributed by atoms with E-state index in [1.54, 1.807) is 9.80 Å². The number of carbonyl (C=O) groups is 1. The standard InChI is InChI=1S/C14H20N4OS/c1-5-7-8-17-9-16(4)14(19)18(10-17)13-11(3)12(6-2)15-20-13/h1H,6-10H2,2-4H3. The topological polar surface area (TPSA) is 39.7 Å². The summed E-state index contributed by atoms with van der Waals surface area (Å²) in [6, 6.07) is 0.0244. The molecule has 20 heavy (non-hydrogen) atoms. The third kappa shape index (κ3) is 2.79. The minimum atomic E-state index is 0.0244. The van der Waals surface area contributed by atoms with Crippen LogP contribution in [0, 0.1) is 19.3 Å². The number of anilines is 1. The zero-order valence-electron chi connectivity index (χ0n) is 12.2. The SMILES string of the molecule is C#CCCN1CN(C)C(=O)N(c2snc(CC)c2C)C1. The average molecular weight is 292 g/mol. The van der Waals surface area contributed by atoms with Crippen LogP contribution < -0.4 is 4.90 Å². The van der Waals surface area contributed by atoms with Crippen LogP contribution in [0.2, 0.25) is 0 Å². The molecule has 1 saturated heterocycles. The fourth-order valence-electron chi connectivity index (χ4n) is 2.33. The zero-order valence-corrected chi connectivity index (χ0v) is 13.0. The summed E-state index contributed by atoms with van der Waals surface area (Å²) in [7, 11) is 1.81. The van der Waals surface area contributed by atoms with Crippen LogP contribution in [0.5, 0.6) is 0 Å². The molecule has 0 spiro atoms. The number of carbonyl (C=O) groups excluding carboxylic acids is 1. The molecule has 5 nitrogen and oxygen atoms in total. The Morgan fingerprint density at radius 3 is 2.80 bits per heavy atom. The third-order valence-electron chi connectivity index (χ3n) is 3.46. The number of rotatable bonds is 4. The van der Waals surface area contributed by atoms with Crippen molar-refractivity contribution in [3.05, 3.63) is 11.3 Å². The first-order valence-corrected chi connectivity index (χ1v) is 7.49. The minimum Gasteiger partial charge on any atom is -0.314 e. The first-order valence-electron chi connectivity index (χ1n) is 6.72. The van der Waals surface area contributed by atoms with E-state index >= 15 is 0 Å². The van der Waals surface area contributed by atoms with Crippen LogP contribution >= 0.6 is 11.5 Å². The molecule has 0 bridgehead atoms. The van der Waals surface area contributed by atoms with E-state index in [1.807, 2.05) is 14.0 Å². The highest BCUT2D eigenvalue weighted by molar-refractivity contribution is 7.10. The van der Waals surface area contributed by atoms with Crippen LogP contribution in [-0.4, -0.2) is 47.1 Å². The zero-order chi connectivity index (χ0) is 14.7. The highest BCUT2D eigenvalue weighted by atomic mass is 32.1. The molecular formula is C14H20N4OS. The van der Waals surface area contributed by atoms with Crippen LogP contribution in [0.15, 0.2) is 0 Å². The van der Waals surface area contributed by atoms with E-state index < -0.39 is 0 Å². The third-order valence-corrected chi connectivity index (χ3v) is 4.47. The van der Waals surface area contributed by atoms with E-state index in [0.717, 1.165) is 29.2 Å². The lowest BCUT2D eigenvalue weighted by Gasteiger charge is -2.39. The van der Waals surface area contributed by atoms with Crippen LogP contribution in [0.3, 0.4) is 0 Å². The van der Waals surface area contributed by atoms with E-state index in [1.165, 1.54) is 11.5 Å². The number of urea groups is 1. The van der Waals surface area contributed by atoms with Crippen LogP contribution in [-0.2, 0) is 6.42 Å². The summed E-state index contributed by atoms with van der Waals surface area (Å²) in [5.74, 6) is 2.65. The van der Waals surface area contributed by atoms with E-state index in [0.29, 0.717) is 19.8 Å². The first-order chi connectivity index (χ1) is 9.58. The van der Waals surface area contributed by atoms with Gasteiger partial charge in [-0.25, -0.2) is 4.79 Å². The Kier molecular flexibility index (Phi) is 4.63. The average Bonchev–Trinajstić information content (AvgIpc) is 2.81. The molecule has 1 fully saturated rings. The molecule has 0 radical (unpaired) electrons. The van der Waals surface area contributed by atoms with Gasteiger partial charge in [0, 0.05) is 25.6 Å². The summed E-state index contributed by atoms with van der Waals surface area (Å²) < 4.78 is 4.43. The summed E-state index contributed by atoms with van der Waals surface area (Å²) in [6.07, 6.45) is 6.90. The molecule has 0 aliphatic carbocycles. The highest BCUT2D eigenvalue weighted by Crippen LogP contribution is 2.30. The van der Waals surface area contributed by atoms with Crippen molar-refractivity contribution in [1.29, 1.82) is 0 Å². The molecule has 2 rings (SSSR count). The molecule has 1 aliphatic heterocycles. The second kappa shape index (κ2) is 6.25. The van der Waals surface area contributed by atoms with Gasteiger partial charge in [-0.05, 0) is 24.9 Å². The van der Waals surface area contributed by atoms with Gasteiger partial charge < -0.3 is 4.90 Å². The number of amides is 2. The van der Waals surface area contributed by atoms with Gasteiger partial charge in [0.1, 0.15) is 5.00 Å². The normalized spacial score (nSPS) is 16.6.